The summed E-state index contributed by atoms with van der Waals surface area (Å²) in [4.78, 5) is 9.16. The Balaban J connectivity index is 1.66. The number of benzene rings is 1. The van der Waals surface area contributed by atoms with E-state index in [-0.39, 0.29) is 5.96 Å². The average Bonchev–Trinajstić information content (AvgIpc) is 2.62. The van der Waals surface area contributed by atoms with Crippen molar-refractivity contribution in [1.29, 1.82) is 5.41 Å². The van der Waals surface area contributed by atoms with Gasteiger partial charge in [-0.15, -0.1) is 0 Å². The Morgan fingerprint density at radius 1 is 1.12 bits per heavy atom. The van der Waals surface area contributed by atoms with E-state index in [4.69, 9.17) is 5.41 Å². The lowest BCUT2D eigenvalue weighted by atomic mass is 9.95. The van der Waals surface area contributed by atoms with Gasteiger partial charge in [0.25, 0.3) is 0 Å². The van der Waals surface area contributed by atoms with E-state index in [1.807, 2.05) is 6.92 Å². The molecule has 0 radical (unpaired) electrons. The lowest BCUT2D eigenvalue weighted by molar-refractivity contribution is 0.658. The predicted octanol–water partition coefficient (Wildman–Crippen LogP) is 4.77. The van der Waals surface area contributed by atoms with Crippen LogP contribution in [-0.2, 0) is 19.3 Å². The number of fused-ring (bicyclic) bond motifs is 1. The Morgan fingerprint density at radius 2 is 1.92 bits per heavy atom. The van der Waals surface area contributed by atoms with Crippen LogP contribution in [0.25, 0.3) is 0 Å². The topological polar surface area (TPSA) is 73.7 Å². The van der Waals surface area contributed by atoms with Crippen LogP contribution in [0.15, 0.2) is 18.2 Å². The van der Waals surface area contributed by atoms with Gasteiger partial charge in [0.05, 0.1) is 0 Å². The molecule has 5 heteroatoms. The van der Waals surface area contributed by atoms with Gasteiger partial charge in [0.1, 0.15) is 0 Å². The molecule has 0 aliphatic heterocycles. The first-order chi connectivity index (χ1) is 12.6. The van der Waals surface area contributed by atoms with E-state index in [1.165, 1.54) is 36.8 Å². The number of aryl methyl sites for hydroxylation is 4. The first-order valence-electron chi connectivity index (χ1n) is 9.65. The lowest BCUT2D eigenvalue weighted by Crippen LogP contribution is -2.23. The number of nitrogens with zero attached hydrogens (tertiary/aromatic N) is 2. The van der Waals surface area contributed by atoms with Crippen LogP contribution in [0.5, 0.6) is 0 Å². The molecule has 3 rings (SSSR count). The van der Waals surface area contributed by atoms with Crippen LogP contribution in [-0.4, -0.2) is 15.9 Å². The van der Waals surface area contributed by atoms with E-state index in [0.29, 0.717) is 5.95 Å². The van der Waals surface area contributed by atoms with Gasteiger partial charge in [0.2, 0.25) is 5.95 Å². The van der Waals surface area contributed by atoms with E-state index in [0.717, 1.165) is 41.9 Å². The van der Waals surface area contributed by atoms with Crippen molar-refractivity contribution in [2.24, 2.45) is 0 Å². The van der Waals surface area contributed by atoms with Crippen LogP contribution in [0, 0.1) is 19.3 Å². The van der Waals surface area contributed by atoms with Gasteiger partial charge >= 0.3 is 0 Å². The number of anilines is 2. The molecule has 138 valence electrons. The van der Waals surface area contributed by atoms with E-state index in [2.05, 4.69) is 52.6 Å². The van der Waals surface area contributed by atoms with Crippen molar-refractivity contribution in [3.63, 3.8) is 0 Å². The lowest BCUT2D eigenvalue weighted by Gasteiger charge is -2.18. The third kappa shape index (κ3) is 4.40. The first kappa shape index (κ1) is 18.4. The van der Waals surface area contributed by atoms with E-state index in [1.54, 1.807) is 0 Å². The summed E-state index contributed by atoms with van der Waals surface area (Å²) in [5.74, 6) is 0.711. The number of guanidine groups is 1. The van der Waals surface area contributed by atoms with Gasteiger partial charge < -0.3 is 5.32 Å². The summed E-state index contributed by atoms with van der Waals surface area (Å²) in [5.41, 5.74) is 6.89. The molecule has 1 heterocycles. The minimum absolute atomic E-state index is 0.199. The largest absolute Gasteiger partial charge is 0.326 e. The molecule has 0 saturated heterocycles. The number of hydrogen-bond donors (Lipinski definition) is 3. The Hall–Kier alpha value is -2.43. The zero-order chi connectivity index (χ0) is 18.5. The molecule has 26 heavy (non-hydrogen) atoms. The van der Waals surface area contributed by atoms with Gasteiger partial charge in [-0.3, -0.25) is 10.7 Å². The molecule has 1 aromatic carbocycles. The molecule has 3 N–H and O–H groups in total. The highest BCUT2D eigenvalue weighted by molar-refractivity contribution is 6.00. The molecule has 0 saturated carbocycles. The van der Waals surface area contributed by atoms with Crippen molar-refractivity contribution >= 4 is 17.6 Å². The zero-order valence-corrected chi connectivity index (χ0v) is 16.1. The third-order valence-corrected chi connectivity index (χ3v) is 5.00. The summed E-state index contributed by atoms with van der Waals surface area (Å²) in [6.45, 7) is 6.32. The first-order valence-corrected chi connectivity index (χ1v) is 9.65. The maximum Gasteiger partial charge on any atom is 0.229 e. The number of hydrogen-bond acceptors (Lipinski definition) is 3. The van der Waals surface area contributed by atoms with Crippen LogP contribution in [0.4, 0.5) is 11.6 Å². The maximum atomic E-state index is 8.23. The van der Waals surface area contributed by atoms with E-state index >= 15 is 0 Å². The third-order valence-electron chi connectivity index (χ3n) is 5.00. The number of nitrogens with one attached hydrogen (secondary N) is 3. The molecule has 0 fully saturated rings. The Bertz CT molecular complexity index is 797. The fourth-order valence-corrected chi connectivity index (χ4v) is 3.52. The summed E-state index contributed by atoms with van der Waals surface area (Å²) >= 11 is 0. The van der Waals surface area contributed by atoms with Crippen LogP contribution < -0.4 is 10.6 Å². The summed E-state index contributed by atoms with van der Waals surface area (Å²) in [6.07, 6.45) is 7.99. The maximum absolute atomic E-state index is 8.23. The Kier molecular flexibility index (Phi) is 5.86. The quantitative estimate of drug-likeness (QED) is 0.536. The van der Waals surface area contributed by atoms with Crippen LogP contribution in [0.3, 0.4) is 0 Å². The SMILES string of the molecule is CCCCc1ccc(NC(=N)Nc2nc(C)c3c(n2)CCCC3)c(C)c1. The summed E-state index contributed by atoms with van der Waals surface area (Å²) in [6, 6.07) is 6.39. The van der Waals surface area contributed by atoms with Crippen molar-refractivity contribution in [2.45, 2.75) is 65.7 Å². The summed E-state index contributed by atoms with van der Waals surface area (Å²) < 4.78 is 0. The van der Waals surface area contributed by atoms with Crippen molar-refractivity contribution in [1.82, 2.24) is 9.97 Å². The number of aromatic nitrogens is 2. The monoisotopic (exact) mass is 351 g/mol. The highest BCUT2D eigenvalue weighted by atomic mass is 15.2. The molecule has 0 atom stereocenters. The molecule has 0 bridgehead atoms. The molecule has 0 amide bonds. The van der Waals surface area contributed by atoms with Crippen molar-refractivity contribution in [3.8, 4) is 0 Å². The highest BCUT2D eigenvalue weighted by Crippen LogP contribution is 2.23. The van der Waals surface area contributed by atoms with Gasteiger partial charge in [-0.05, 0) is 75.1 Å². The minimum atomic E-state index is 0.199. The Labute approximate surface area is 156 Å². The van der Waals surface area contributed by atoms with Crippen LogP contribution in [0.1, 0.15) is 60.7 Å². The van der Waals surface area contributed by atoms with Crippen molar-refractivity contribution in [2.75, 3.05) is 10.6 Å². The predicted molar refractivity (Wildman–Crippen MR) is 108 cm³/mol. The van der Waals surface area contributed by atoms with Gasteiger partial charge in [0, 0.05) is 17.1 Å². The molecule has 1 aliphatic rings. The second kappa shape index (κ2) is 8.30. The van der Waals surface area contributed by atoms with Gasteiger partial charge in [-0.1, -0.05) is 25.5 Å². The number of unbranched alkanes of at least 4 members (excludes halogenated alkanes) is 1. The van der Waals surface area contributed by atoms with Gasteiger partial charge in [0.15, 0.2) is 5.96 Å². The van der Waals surface area contributed by atoms with Gasteiger partial charge in [-0.2, -0.15) is 0 Å². The normalized spacial score (nSPS) is 13.2. The Morgan fingerprint density at radius 3 is 2.69 bits per heavy atom. The van der Waals surface area contributed by atoms with Crippen molar-refractivity contribution in [3.05, 3.63) is 46.3 Å². The van der Waals surface area contributed by atoms with Crippen molar-refractivity contribution < 1.29 is 0 Å². The van der Waals surface area contributed by atoms with Crippen LogP contribution in [0.2, 0.25) is 0 Å². The van der Waals surface area contributed by atoms with E-state index < -0.39 is 0 Å². The molecular formula is C21H29N5. The second-order valence-corrected chi connectivity index (χ2v) is 7.14. The van der Waals surface area contributed by atoms with E-state index in [9.17, 15) is 0 Å². The van der Waals surface area contributed by atoms with Crippen LogP contribution >= 0.6 is 0 Å². The number of rotatable bonds is 5. The molecule has 1 aliphatic carbocycles. The fourth-order valence-electron chi connectivity index (χ4n) is 3.52. The summed E-state index contributed by atoms with van der Waals surface area (Å²) in [5, 5.41) is 14.4. The molecular weight excluding hydrogens is 322 g/mol. The molecule has 0 unspecified atom stereocenters. The highest BCUT2D eigenvalue weighted by Gasteiger charge is 2.16. The summed E-state index contributed by atoms with van der Waals surface area (Å²) in [7, 11) is 0. The molecule has 1 aromatic heterocycles. The second-order valence-electron chi connectivity index (χ2n) is 7.14. The minimum Gasteiger partial charge on any atom is -0.326 e. The van der Waals surface area contributed by atoms with Gasteiger partial charge in [-0.25, -0.2) is 9.97 Å². The zero-order valence-electron chi connectivity index (χ0n) is 16.1. The molecule has 5 nitrogen and oxygen atoms in total. The fraction of sp³-hybridized carbons (Fsp3) is 0.476. The molecule has 0 spiro atoms. The standard InChI is InChI=1S/C21H29N5/c1-4-5-8-16-11-12-18(14(2)13-16)24-20(22)26-21-23-15(3)17-9-6-7-10-19(17)25-21/h11-13H,4-10H2,1-3H3,(H3,22,23,24,25,26). The average molecular weight is 351 g/mol. The molecule has 2 aromatic rings. The smallest absolute Gasteiger partial charge is 0.229 e.